The summed E-state index contributed by atoms with van der Waals surface area (Å²) in [6.45, 7) is 15.8. The van der Waals surface area contributed by atoms with Crippen molar-refractivity contribution in [1.29, 1.82) is 0 Å². The van der Waals surface area contributed by atoms with E-state index in [0.717, 1.165) is 18.8 Å². The van der Waals surface area contributed by atoms with Crippen LogP contribution >= 0.6 is 0 Å². The highest BCUT2D eigenvalue weighted by atomic mass is 16.3. The van der Waals surface area contributed by atoms with E-state index in [4.69, 9.17) is 5.11 Å². The summed E-state index contributed by atoms with van der Waals surface area (Å²) in [5.74, 6) is 1.79. The first-order chi connectivity index (χ1) is 16.5. The summed E-state index contributed by atoms with van der Waals surface area (Å²) in [4.78, 5) is 0. The lowest BCUT2D eigenvalue weighted by Crippen LogP contribution is -2.05. The summed E-state index contributed by atoms with van der Waals surface area (Å²) in [6, 6.07) is 26.8. The summed E-state index contributed by atoms with van der Waals surface area (Å²) in [5.41, 5.74) is 7.63. The van der Waals surface area contributed by atoms with Gasteiger partial charge >= 0.3 is 0 Å². The molecule has 188 valence electrons. The summed E-state index contributed by atoms with van der Waals surface area (Å²) in [5, 5.41) is 8.99. The summed E-state index contributed by atoms with van der Waals surface area (Å²) < 4.78 is 0. The van der Waals surface area contributed by atoms with Gasteiger partial charge in [-0.05, 0) is 82.9 Å². The standard InChI is InChI=1S/C14H18.C10H14O.C10H14/c1-14(2,3)10-12-9-8-11-6-4-5-7-13(11)12;1-8(2)7-9-3-5-10(11)6-4-9;1-9(2)8-10-6-4-3-5-7-10/h4-7,9H,8,10H2,1-3H3;3-6,8,11H,7H2,1-2H3;3-7,9H,8H2,1-2H3. The number of allylic oxidation sites excluding steroid dienone is 2. The van der Waals surface area contributed by atoms with Gasteiger partial charge in [-0.3, -0.25) is 0 Å². The molecule has 0 fully saturated rings. The minimum atomic E-state index is 0.345. The second-order valence-corrected chi connectivity index (χ2v) is 11.7. The second-order valence-electron chi connectivity index (χ2n) is 11.7. The molecule has 0 amide bonds. The van der Waals surface area contributed by atoms with Crippen molar-refractivity contribution in [3.8, 4) is 5.75 Å². The number of phenolic OH excluding ortho intramolecular Hbond substituents is 1. The van der Waals surface area contributed by atoms with Crippen LogP contribution in [0, 0.1) is 17.3 Å². The van der Waals surface area contributed by atoms with E-state index in [9.17, 15) is 0 Å². The zero-order valence-electron chi connectivity index (χ0n) is 23.0. The van der Waals surface area contributed by atoms with Gasteiger partial charge in [-0.15, -0.1) is 0 Å². The molecule has 0 aliphatic heterocycles. The molecule has 1 N–H and O–H groups in total. The number of phenols is 1. The van der Waals surface area contributed by atoms with E-state index in [0.29, 0.717) is 17.1 Å². The van der Waals surface area contributed by atoms with Gasteiger partial charge in [0.2, 0.25) is 0 Å². The van der Waals surface area contributed by atoms with E-state index in [-0.39, 0.29) is 0 Å². The van der Waals surface area contributed by atoms with Crippen molar-refractivity contribution in [3.63, 3.8) is 0 Å². The molecule has 0 spiro atoms. The molecule has 1 nitrogen and oxygen atoms in total. The van der Waals surface area contributed by atoms with Crippen LogP contribution in [0.3, 0.4) is 0 Å². The van der Waals surface area contributed by atoms with Gasteiger partial charge in [0.15, 0.2) is 0 Å². The fourth-order valence-electron chi connectivity index (χ4n) is 4.28. The van der Waals surface area contributed by atoms with Crippen LogP contribution in [-0.4, -0.2) is 5.11 Å². The largest absolute Gasteiger partial charge is 0.508 e. The molecule has 0 heterocycles. The molecule has 4 rings (SSSR count). The zero-order valence-corrected chi connectivity index (χ0v) is 23.0. The van der Waals surface area contributed by atoms with E-state index in [1.807, 2.05) is 12.1 Å². The molecule has 3 aromatic carbocycles. The molecule has 0 aromatic heterocycles. The predicted molar refractivity (Wildman–Crippen MR) is 154 cm³/mol. The van der Waals surface area contributed by atoms with E-state index in [1.54, 1.807) is 12.1 Å². The minimum absolute atomic E-state index is 0.345. The van der Waals surface area contributed by atoms with E-state index >= 15 is 0 Å². The molecule has 0 bridgehead atoms. The van der Waals surface area contributed by atoms with Gasteiger partial charge in [0, 0.05) is 0 Å². The molecule has 1 aliphatic carbocycles. The average Bonchev–Trinajstić information content (AvgIpc) is 3.18. The highest BCUT2D eigenvalue weighted by Crippen LogP contribution is 2.35. The van der Waals surface area contributed by atoms with Gasteiger partial charge < -0.3 is 5.11 Å². The Hall–Kier alpha value is -2.80. The predicted octanol–water partition coefficient (Wildman–Crippen LogP) is 9.54. The third kappa shape index (κ3) is 11.5. The molecule has 0 radical (unpaired) electrons. The van der Waals surface area contributed by atoms with Gasteiger partial charge in [-0.25, -0.2) is 0 Å². The van der Waals surface area contributed by atoms with Crippen molar-refractivity contribution in [3.05, 3.63) is 107 Å². The van der Waals surface area contributed by atoms with Gasteiger partial charge in [0.1, 0.15) is 5.75 Å². The molecular weight excluding hydrogens is 424 g/mol. The number of rotatable bonds is 5. The molecule has 35 heavy (non-hydrogen) atoms. The highest BCUT2D eigenvalue weighted by molar-refractivity contribution is 5.73. The molecule has 1 heteroatoms. The van der Waals surface area contributed by atoms with E-state index in [1.165, 1.54) is 40.7 Å². The number of benzene rings is 3. The summed E-state index contributed by atoms with van der Waals surface area (Å²) in [6.07, 6.45) is 6.97. The van der Waals surface area contributed by atoms with Crippen molar-refractivity contribution in [2.45, 2.75) is 74.1 Å². The number of hydrogen-bond donors (Lipinski definition) is 1. The smallest absolute Gasteiger partial charge is 0.115 e. The quantitative estimate of drug-likeness (QED) is 0.393. The molecule has 3 aromatic rings. The minimum Gasteiger partial charge on any atom is -0.508 e. The maximum Gasteiger partial charge on any atom is 0.115 e. The Morgan fingerprint density at radius 3 is 1.74 bits per heavy atom. The first-order valence-corrected chi connectivity index (χ1v) is 13.1. The van der Waals surface area contributed by atoms with Gasteiger partial charge in [-0.1, -0.05) is 121 Å². The van der Waals surface area contributed by atoms with Crippen LogP contribution < -0.4 is 0 Å². The lowest BCUT2D eigenvalue weighted by atomic mass is 9.86. The van der Waals surface area contributed by atoms with Crippen LogP contribution in [0.4, 0.5) is 0 Å². The van der Waals surface area contributed by atoms with Gasteiger partial charge in [0.05, 0.1) is 0 Å². The fraction of sp³-hybridized carbons (Fsp3) is 0.412. The molecule has 0 saturated heterocycles. The Bertz CT molecular complexity index is 1020. The third-order valence-corrected chi connectivity index (χ3v) is 5.72. The van der Waals surface area contributed by atoms with Crippen LogP contribution in [-0.2, 0) is 19.3 Å². The van der Waals surface area contributed by atoms with Crippen molar-refractivity contribution < 1.29 is 5.11 Å². The maximum atomic E-state index is 8.99. The summed E-state index contributed by atoms with van der Waals surface area (Å²) in [7, 11) is 0. The lowest BCUT2D eigenvalue weighted by molar-refractivity contribution is 0.427. The molecule has 0 unspecified atom stereocenters. The van der Waals surface area contributed by atoms with Crippen molar-refractivity contribution in [2.24, 2.45) is 17.3 Å². The first kappa shape index (κ1) is 28.4. The molecule has 1 aliphatic rings. The van der Waals surface area contributed by atoms with Crippen molar-refractivity contribution >= 4 is 5.57 Å². The fourth-order valence-corrected chi connectivity index (χ4v) is 4.28. The second kappa shape index (κ2) is 13.9. The normalized spacial score (nSPS) is 12.3. The van der Waals surface area contributed by atoms with Crippen LogP contribution in [0.2, 0.25) is 0 Å². The number of fused-ring (bicyclic) bond motifs is 1. The lowest BCUT2D eigenvalue weighted by Gasteiger charge is -2.19. The summed E-state index contributed by atoms with van der Waals surface area (Å²) >= 11 is 0. The average molecular weight is 471 g/mol. The van der Waals surface area contributed by atoms with Gasteiger partial charge in [0.25, 0.3) is 0 Å². The number of aromatic hydroxyl groups is 1. The topological polar surface area (TPSA) is 20.2 Å². The van der Waals surface area contributed by atoms with Crippen LogP contribution in [0.5, 0.6) is 5.75 Å². The SMILES string of the molecule is CC(C)(C)CC1=CCc2ccccc21.CC(C)Cc1ccc(O)cc1.CC(C)Cc1ccccc1. The monoisotopic (exact) mass is 470 g/mol. The Morgan fingerprint density at radius 1 is 0.686 bits per heavy atom. The Balaban J connectivity index is 0.000000189. The van der Waals surface area contributed by atoms with E-state index in [2.05, 4.69) is 109 Å². The van der Waals surface area contributed by atoms with E-state index < -0.39 is 0 Å². The van der Waals surface area contributed by atoms with Crippen LogP contribution in [0.1, 0.15) is 77.1 Å². The molecular formula is C34H46O. The first-order valence-electron chi connectivity index (χ1n) is 13.1. The van der Waals surface area contributed by atoms with Crippen molar-refractivity contribution in [1.82, 2.24) is 0 Å². The van der Waals surface area contributed by atoms with Crippen LogP contribution in [0.15, 0.2) is 84.9 Å². The highest BCUT2D eigenvalue weighted by Gasteiger charge is 2.19. The van der Waals surface area contributed by atoms with Crippen LogP contribution in [0.25, 0.3) is 5.57 Å². The Morgan fingerprint density at radius 2 is 1.20 bits per heavy atom. The molecule has 0 atom stereocenters. The zero-order chi connectivity index (χ0) is 25.8. The Labute approximate surface area is 214 Å². The van der Waals surface area contributed by atoms with Gasteiger partial charge in [-0.2, -0.15) is 0 Å². The number of hydrogen-bond acceptors (Lipinski definition) is 1. The molecule has 0 saturated carbocycles. The third-order valence-electron chi connectivity index (χ3n) is 5.72. The maximum absolute atomic E-state index is 8.99. The Kier molecular flexibility index (Phi) is 11.3. The van der Waals surface area contributed by atoms with Crippen molar-refractivity contribution in [2.75, 3.05) is 0 Å².